The summed E-state index contributed by atoms with van der Waals surface area (Å²) in [7, 11) is -0.874. The van der Waals surface area contributed by atoms with Crippen molar-refractivity contribution in [3.05, 3.63) is 87.7 Å². The predicted molar refractivity (Wildman–Crippen MR) is 180 cm³/mol. The average molecular weight is 683 g/mol. The van der Waals surface area contributed by atoms with E-state index in [0.29, 0.717) is 73.6 Å². The van der Waals surface area contributed by atoms with E-state index in [1.165, 1.54) is 29.8 Å². The number of methoxy groups -OCH3 is 1. The van der Waals surface area contributed by atoms with E-state index in [4.69, 9.17) is 30.8 Å². The Bertz CT molecular complexity index is 1990. The maximum atomic E-state index is 13.5. The molecule has 1 N–H and O–H groups in total. The minimum Gasteiger partial charge on any atom is -0.496 e. The Kier molecular flexibility index (Phi) is 10.8. The second kappa shape index (κ2) is 15.0. The number of benzene rings is 3. The van der Waals surface area contributed by atoms with E-state index in [1.807, 2.05) is 44.4 Å². The van der Waals surface area contributed by atoms with E-state index in [-0.39, 0.29) is 23.4 Å². The van der Waals surface area contributed by atoms with Crippen molar-refractivity contribution in [1.29, 1.82) is 0 Å². The first-order chi connectivity index (χ1) is 22.1. The van der Waals surface area contributed by atoms with Crippen LogP contribution in [0.15, 0.2) is 66.3 Å². The van der Waals surface area contributed by atoms with Gasteiger partial charge >= 0.3 is 0 Å². The first-order valence-corrected chi connectivity index (χ1v) is 16.8. The summed E-state index contributed by atoms with van der Waals surface area (Å²) >= 11 is 7.92. The SMILES string of the molecule is CCC(OC(CC(C)C)=S(=O)=O)c1nc(-c2cc3c(Nc4ccc(OCc5cccc(F)c5)c(Cl)c4)ncnc3cc2OC)cs1. The number of fused-ring (bicyclic) bond motifs is 1. The molecule has 0 aliphatic rings. The molecular formula is C33H32ClFN4O5S2. The third-order valence-electron chi connectivity index (χ3n) is 6.91. The Morgan fingerprint density at radius 2 is 1.91 bits per heavy atom. The molecule has 1 unspecified atom stereocenters. The lowest BCUT2D eigenvalue weighted by molar-refractivity contribution is 0.184. The molecule has 0 amide bonds. The highest BCUT2D eigenvalue weighted by molar-refractivity contribution is 7.72. The quantitative estimate of drug-likeness (QED) is 0.130. The van der Waals surface area contributed by atoms with Crippen LogP contribution in [-0.4, -0.2) is 35.5 Å². The van der Waals surface area contributed by atoms with Crippen LogP contribution in [0.25, 0.3) is 22.2 Å². The van der Waals surface area contributed by atoms with Gasteiger partial charge in [-0.25, -0.2) is 19.3 Å². The van der Waals surface area contributed by atoms with Crippen LogP contribution in [0.3, 0.4) is 0 Å². The Labute approximate surface area is 276 Å². The van der Waals surface area contributed by atoms with Gasteiger partial charge in [-0.2, -0.15) is 8.42 Å². The zero-order valence-corrected chi connectivity index (χ0v) is 28.0. The molecular weight excluding hydrogens is 651 g/mol. The first kappa shape index (κ1) is 33.3. The zero-order valence-electron chi connectivity index (χ0n) is 25.6. The van der Waals surface area contributed by atoms with Crippen LogP contribution >= 0.6 is 22.9 Å². The van der Waals surface area contributed by atoms with Gasteiger partial charge < -0.3 is 19.5 Å². The molecule has 2 heterocycles. The molecule has 9 nitrogen and oxygen atoms in total. The number of anilines is 2. The Hall–Kier alpha value is -4.10. The fourth-order valence-corrected chi connectivity index (χ4v) is 6.52. The molecule has 240 valence electrons. The van der Waals surface area contributed by atoms with E-state index < -0.39 is 16.4 Å². The number of nitrogens with zero attached hydrogens (tertiary/aromatic N) is 3. The fraction of sp³-hybridized carbons (Fsp3) is 0.273. The Balaban J connectivity index is 1.41. The second-order valence-electron chi connectivity index (χ2n) is 10.8. The summed E-state index contributed by atoms with van der Waals surface area (Å²) in [6.07, 6.45) is 1.80. The van der Waals surface area contributed by atoms with Crippen LogP contribution in [0.2, 0.25) is 5.02 Å². The number of halogens is 2. The number of rotatable bonds is 12. The molecule has 1 atom stereocenters. The van der Waals surface area contributed by atoms with Crippen LogP contribution in [-0.2, 0) is 21.6 Å². The molecule has 0 saturated heterocycles. The lowest BCUT2D eigenvalue weighted by atomic mass is 10.1. The van der Waals surface area contributed by atoms with E-state index in [1.54, 1.807) is 31.4 Å². The normalized spacial score (nSPS) is 11.9. The van der Waals surface area contributed by atoms with Crippen molar-refractivity contribution < 1.29 is 27.0 Å². The van der Waals surface area contributed by atoms with Crippen molar-refractivity contribution in [2.75, 3.05) is 12.4 Å². The summed E-state index contributed by atoms with van der Waals surface area (Å²) in [5, 5.41) is 6.98. The van der Waals surface area contributed by atoms with Crippen molar-refractivity contribution >= 4 is 60.7 Å². The molecule has 0 bridgehead atoms. The molecule has 13 heteroatoms. The van der Waals surface area contributed by atoms with Crippen LogP contribution in [0.5, 0.6) is 11.5 Å². The van der Waals surface area contributed by atoms with Gasteiger partial charge in [0.2, 0.25) is 10.3 Å². The van der Waals surface area contributed by atoms with Gasteiger partial charge in [-0.3, -0.25) is 0 Å². The smallest absolute Gasteiger partial charge is 0.240 e. The molecule has 46 heavy (non-hydrogen) atoms. The van der Waals surface area contributed by atoms with Crippen molar-refractivity contribution in [3.63, 3.8) is 0 Å². The molecule has 3 aromatic carbocycles. The van der Waals surface area contributed by atoms with Crippen molar-refractivity contribution in [1.82, 2.24) is 15.0 Å². The van der Waals surface area contributed by atoms with Crippen LogP contribution in [0, 0.1) is 11.7 Å². The van der Waals surface area contributed by atoms with Gasteiger partial charge in [-0.1, -0.05) is 44.5 Å². The lowest BCUT2D eigenvalue weighted by Crippen LogP contribution is -2.14. The lowest BCUT2D eigenvalue weighted by Gasteiger charge is -2.15. The standard InChI is InChI=1S/C33H32ClFN4O5S2/c1-5-28(44-31(46(40)41)11-19(2)3)33-39-27(17-45-33)23-14-24-26(15-30(23)42-4)36-18-37-32(24)38-22-9-10-29(25(34)13-22)43-16-20-7-6-8-21(35)12-20/h6-10,12-15,17-19,28H,5,11,16H2,1-4H3,(H,36,37,38). The van der Waals surface area contributed by atoms with E-state index in [9.17, 15) is 12.8 Å². The first-order valence-electron chi connectivity index (χ1n) is 14.5. The molecule has 2 aromatic heterocycles. The summed E-state index contributed by atoms with van der Waals surface area (Å²) < 4.78 is 54.6. The average Bonchev–Trinajstić information content (AvgIpc) is 3.52. The molecule has 0 spiro atoms. The third-order valence-corrected chi connectivity index (χ3v) is 8.78. The highest BCUT2D eigenvalue weighted by Gasteiger charge is 2.21. The second-order valence-corrected chi connectivity index (χ2v) is 13.0. The van der Waals surface area contributed by atoms with Crippen molar-refractivity contribution in [3.8, 4) is 22.8 Å². The highest BCUT2D eigenvalue weighted by atomic mass is 35.5. The number of aromatic nitrogens is 3. The monoisotopic (exact) mass is 682 g/mol. The summed E-state index contributed by atoms with van der Waals surface area (Å²) in [6, 6.07) is 15.2. The van der Waals surface area contributed by atoms with Gasteiger partial charge in [0.1, 0.15) is 47.2 Å². The molecule has 0 aliphatic carbocycles. The number of nitrogens with one attached hydrogen (secondary N) is 1. The van der Waals surface area contributed by atoms with E-state index in [0.717, 1.165) is 0 Å². The van der Waals surface area contributed by atoms with Gasteiger partial charge in [-0.15, -0.1) is 11.3 Å². The molecule has 0 saturated carbocycles. The van der Waals surface area contributed by atoms with Gasteiger partial charge in [0.15, 0.2) is 5.05 Å². The van der Waals surface area contributed by atoms with Crippen LogP contribution < -0.4 is 14.8 Å². The predicted octanol–water partition coefficient (Wildman–Crippen LogP) is 8.40. The fourth-order valence-electron chi connectivity index (χ4n) is 4.69. The van der Waals surface area contributed by atoms with Gasteiger partial charge in [0.25, 0.3) is 0 Å². The number of ether oxygens (including phenoxy) is 3. The highest BCUT2D eigenvalue weighted by Crippen LogP contribution is 2.38. The van der Waals surface area contributed by atoms with Gasteiger partial charge in [0.05, 0.1) is 23.3 Å². The summed E-state index contributed by atoms with van der Waals surface area (Å²) in [5.74, 6) is 1.36. The minimum absolute atomic E-state index is 0.0287. The number of hydrogen-bond acceptors (Lipinski definition) is 10. The largest absolute Gasteiger partial charge is 0.496 e. The van der Waals surface area contributed by atoms with Gasteiger partial charge in [0, 0.05) is 34.5 Å². The summed E-state index contributed by atoms with van der Waals surface area (Å²) in [4.78, 5) is 13.7. The van der Waals surface area contributed by atoms with Gasteiger partial charge in [-0.05, 0) is 54.3 Å². The van der Waals surface area contributed by atoms with E-state index in [2.05, 4.69) is 15.3 Å². The van der Waals surface area contributed by atoms with Crippen molar-refractivity contribution in [2.45, 2.75) is 46.3 Å². The summed E-state index contributed by atoms with van der Waals surface area (Å²) in [6.45, 7) is 5.97. The Morgan fingerprint density at radius 1 is 1.09 bits per heavy atom. The molecule has 0 fully saturated rings. The molecule has 0 aliphatic heterocycles. The topological polar surface area (TPSA) is 113 Å². The minimum atomic E-state index is -2.45. The van der Waals surface area contributed by atoms with Crippen LogP contribution in [0.4, 0.5) is 15.9 Å². The van der Waals surface area contributed by atoms with Crippen molar-refractivity contribution in [2.24, 2.45) is 5.92 Å². The van der Waals surface area contributed by atoms with E-state index >= 15 is 0 Å². The number of hydrogen-bond donors (Lipinski definition) is 1. The maximum Gasteiger partial charge on any atom is 0.240 e. The zero-order chi connectivity index (χ0) is 32.8. The Morgan fingerprint density at radius 3 is 2.61 bits per heavy atom. The van der Waals surface area contributed by atoms with Crippen LogP contribution in [0.1, 0.15) is 50.3 Å². The summed E-state index contributed by atoms with van der Waals surface area (Å²) in [5.41, 5.74) is 3.36. The molecule has 5 rings (SSSR count). The maximum absolute atomic E-state index is 13.5. The number of thiazole rings is 1. The third kappa shape index (κ3) is 8.00. The molecule has 0 radical (unpaired) electrons. The molecule has 5 aromatic rings.